The molecule has 0 radical (unpaired) electrons. The molecule has 6 N–H and O–H groups in total. The van der Waals surface area contributed by atoms with Crippen LogP contribution in [0.5, 0.6) is 11.5 Å². The van der Waals surface area contributed by atoms with Gasteiger partial charge in [0.2, 0.25) is 23.6 Å². The largest absolute Gasteiger partial charge is 0.440 e. The molecule has 4 aliphatic rings. The van der Waals surface area contributed by atoms with Crippen molar-refractivity contribution in [3.05, 3.63) is 142 Å². The maximum atomic E-state index is 12.6. The maximum absolute atomic E-state index is 12.6. The number of rotatable bonds is 2. The lowest BCUT2D eigenvalue weighted by Gasteiger charge is -2.29. The van der Waals surface area contributed by atoms with Gasteiger partial charge in [-0.2, -0.15) is 10.5 Å². The zero-order valence-electron chi connectivity index (χ0n) is 24.2. The van der Waals surface area contributed by atoms with Gasteiger partial charge in [0.15, 0.2) is 0 Å². The van der Waals surface area contributed by atoms with E-state index in [-0.39, 0.29) is 23.6 Å². The fraction of sp³-hybridized carbons (Fsp3) is 0.111. The van der Waals surface area contributed by atoms with E-state index in [1.165, 1.54) is 0 Å². The van der Waals surface area contributed by atoms with E-state index >= 15 is 0 Å². The summed E-state index contributed by atoms with van der Waals surface area (Å²) in [4.78, 5) is 25.2. The van der Waals surface area contributed by atoms with E-state index in [4.69, 9.17) is 20.9 Å². The summed E-state index contributed by atoms with van der Waals surface area (Å²) >= 11 is 0. The highest BCUT2D eigenvalue weighted by Crippen LogP contribution is 2.51. The standard InChI is InChI=1S/2C18H13N3O2/c2*19-9-12-15(11-6-2-4-8-14(11)23-17(12)20)16-10-5-1-3-7-13(10)21-18(16)22/h2*1-8,15-16H,20H2,(H,21,22)/t15-,16+;15-,16-/m10/s1. The first-order chi connectivity index (χ1) is 22.4. The number of amides is 2. The molecular formula is C36H26N6O4. The van der Waals surface area contributed by atoms with E-state index < -0.39 is 23.7 Å². The Labute approximate surface area is 264 Å². The van der Waals surface area contributed by atoms with E-state index in [9.17, 15) is 20.1 Å². The number of carbonyl (C=O) groups excluding carboxylic acids is 2. The molecule has 0 spiro atoms. The van der Waals surface area contributed by atoms with Gasteiger partial charge in [-0.3, -0.25) is 9.59 Å². The predicted molar refractivity (Wildman–Crippen MR) is 169 cm³/mol. The normalized spacial score (nSPS) is 21.8. The second-order valence-electron chi connectivity index (χ2n) is 11.1. The van der Waals surface area contributed by atoms with Crippen molar-refractivity contribution in [3.63, 3.8) is 0 Å². The Morgan fingerprint density at radius 3 is 1.26 bits per heavy atom. The zero-order chi connectivity index (χ0) is 31.9. The molecule has 8 rings (SSSR count). The topological polar surface area (TPSA) is 176 Å². The summed E-state index contributed by atoms with van der Waals surface area (Å²) in [6.07, 6.45) is 0. The number of nitrogens with two attached hydrogens (primary N) is 2. The van der Waals surface area contributed by atoms with E-state index in [1.807, 2.05) is 84.9 Å². The number of carbonyl (C=O) groups is 2. The number of nitrogens with zero attached hydrogens (tertiary/aromatic N) is 2. The molecule has 4 aromatic carbocycles. The van der Waals surface area contributed by atoms with Crippen LogP contribution in [0.15, 0.2) is 120 Å². The van der Waals surface area contributed by atoms with Gasteiger partial charge < -0.3 is 31.6 Å². The number of hydrogen-bond donors (Lipinski definition) is 4. The van der Waals surface area contributed by atoms with Gasteiger partial charge in [-0.05, 0) is 35.4 Å². The number of benzene rings is 4. The Bertz CT molecular complexity index is 1940. The minimum Gasteiger partial charge on any atom is -0.440 e. The highest BCUT2D eigenvalue weighted by atomic mass is 16.5. The number of anilines is 2. The average molecular weight is 607 g/mol. The summed E-state index contributed by atoms with van der Waals surface area (Å²) < 4.78 is 11.1. The van der Waals surface area contributed by atoms with Crippen molar-refractivity contribution in [2.24, 2.45) is 11.5 Å². The Hall–Kier alpha value is -6.52. The van der Waals surface area contributed by atoms with E-state index in [0.717, 1.165) is 33.6 Å². The highest BCUT2D eigenvalue weighted by molar-refractivity contribution is 6.05. The van der Waals surface area contributed by atoms with Crippen LogP contribution in [0.25, 0.3) is 0 Å². The molecule has 46 heavy (non-hydrogen) atoms. The van der Waals surface area contributed by atoms with Crippen molar-refractivity contribution < 1.29 is 19.1 Å². The molecule has 4 aliphatic heterocycles. The Balaban J connectivity index is 0.000000147. The summed E-state index contributed by atoms with van der Waals surface area (Å²) in [7, 11) is 0. The van der Waals surface area contributed by atoms with Gasteiger partial charge in [-0.25, -0.2) is 0 Å². The monoisotopic (exact) mass is 606 g/mol. The van der Waals surface area contributed by atoms with Crippen LogP contribution in [0.2, 0.25) is 0 Å². The van der Waals surface area contributed by atoms with Gasteiger partial charge in [-0.15, -0.1) is 0 Å². The van der Waals surface area contributed by atoms with Crippen LogP contribution in [0.4, 0.5) is 11.4 Å². The van der Waals surface area contributed by atoms with Crippen LogP contribution in [-0.4, -0.2) is 11.8 Å². The minimum absolute atomic E-state index is 0.0633. The minimum atomic E-state index is -0.496. The number of nitriles is 2. The molecule has 0 aromatic heterocycles. The summed E-state index contributed by atoms with van der Waals surface area (Å²) in [6.45, 7) is 0. The van der Waals surface area contributed by atoms with E-state index in [2.05, 4.69) is 22.8 Å². The van der Waals surface area contributed by atoms with Crippen LogP contribution < -0.4 is 31.6 Å². The molecule has 4 heterocycles. The van der Waals surface area contributed by atoms with Gasteiger partial charge in [0.1, 0.15) is 23.6 Å². The molecule has 4 aromatic rings. The van der Waals surface area contributed by atoms with Gasteiger partial charge in [0.25, 0.3) is 0 Å². The van der Waals surface area contributed by atoms with Gasteiger partial charge in [0.05, 0.1) is 23.0 Å². The zero-order valence-corrected chi connectivity index (χ0v) is 24.2. The fourth-order valence-corrected chi connectivity index (χ4v) is 6.70. The third-order valence-electron chi connectivity index (χ3n) is 8.68. The molecule has 0 aliphatic carbocycles. The smallest absolute Gasteiger partial charge is 0.233 e. The van der Waals surface area contributed by atoms with Crippen LogP contribution in [0, 0.1) is 22.7 Å². The Kier molecular flexibility index (Phi) is 6.88. The molecule has 0 bridgehead atoms. The molecule has 4 atom stereocenters. The quantitative estimate of drug-likeness (QED) is 0.241. The summed E-state index contributed by atoms with van der Waals surface area (Å²) in [5.41, 5.74) is 17.4. The van der Waals surface area contributed by atoms with Crippen LogP contribution >= 0.6 is 0 Å². The molecule has 2 amide bonds. The molecule has 0 saturated heterocycles. The predicted octanol–water partition coefficient (Wildman–Crippen LogP) is 5.18. The molecular weight excluding hydrogens is 580 g/mol. The van der Waals surface area contributed by atoms with Gasteiger partial charge >= 0.3 is 0 Å². The van der Waals surface area contributed by atoms with Crippen molar-refractivity contribution in [2.45, 2.75) is 23.7 Å². The summed E-state index contributed by atoms with van der Waals surface area (Å²) in [6, 6.07) is 34.0. The number of allylic oxidation sites excluding steroid dienone is 2. The molecule has 10 heteroatoms. The number of hydrogen-bond acceptors (Lipinski definition) is 8. The van der Waals surface area contributed by atoms with Crippen molar-refractivity contribution in [3.8, 4) is 23.6 Å². The summed E-state index contributed by atoms with van der Waals surface area (Å²) in [5.74, 6) is -0.850. The lowest BCUT2D eigenvalue weighted by Crippen LogP contribution is -2.27. The Morgan fingerprint density at radius 2 is 0.870 bits per heavy atom. The van der Waals surface area contributed by atoms with Gasteiger partial charge in [-0.1, -0.05) is 72.8 Å². The van der Waals surface area contributed by atoms with Crippen LogP contribution in [0.1, 0.15) is 45.9 Å². The lowest BCUT2D eigenvalue weighted by molar-refractivity contribution is -0.118. The third kappa shape index (κ3) is 4.48. The second-order valence-corrected chi connectivity index (χ2v) is 11.1. The summed E-state index contributed by atoms with van der Waals surface area (Å²) in [5, 5.41) is 24.9. The van der Waals surface area contributed by atoms with Crippen molar-refractivity contribution in [2.75, 3.05) is 10.6 Å². The number of ether oxygens (including phenoxy) is 2. The van der Waals surface area contributed by atoms with Crippen molar-refractivity contribution in [1.29, 1.82) is 10.5 Å². The average Bonchev–Trinajstić information content (AvgIpc) is 3.58. The number of fused-ring (bicyclic) bond motifs is 4. The van der Waals surface area contributed by atoms with Crippen molar-refractivity contribution >= 4 is 23.2 Å². The second kappa shape index (κ2) is 11.2. The molecule has 0 saturated carbocycles. The van der Waals surface area contributed by atoms with Crippen LogP contribution in [-0.2, 0) is 9.59 Å². The van der Waals surface area contributed by atoms with E-state index in [0.29, 0.717) is 22.6 Å². The van der Waals surface area contributed by atoms with Gasteiger partial charge in [0, 0.05) is 34.3 Å². The van der Waals surface area contributed by atoms with E-state index in [1.54, 1.807) is 12.1 Å². The van der Waals surface area contributed by atoms with Crippen molar-refractivity contribution in [1.82, 2.24) is 0 Å². The highest BCUT2D eigenvalue weighted by Gasteiger charge is 2.45. The molecule has 0 fully saturated rings. The first kappa shape index (κ1) is 28.3. The molecule has 0 unspecified atom stereocenters. The first-order valence-electron chi connectivity index (χ1n) is 14.5. The maximum Gasteiger partial charge on any atom is 0.233 e. The fourth-order valence-electron chi connectivity index (χ4n) is 6.70. The first-order valence-corrected chi connectivity index (χ1v) is 14.5. The Morgan fingerprint density at radius 1 is 0.522 bits per heavy atom. The molecule has 10 nitrogen and oxygen atoms in total. The SMILES string of the molecule is N#CC1=C(N)Oc2ccccc2[C@@H]1[C@H]1C(=O)Nc2ccccc21.N#CC1=C(N)Oc2ccccc2[C@H]1[C@H]1C(=O)Nc2ccccc21. The van der Waals surface area contributed by atoms with Crippen LogP contribution in [0.3, 0.4) is 0 Å². The number of nitrogens with one attached hydrogen (secondary N) is 2. The molecule has 224 valence electrons. The lowest BCUT2D eigenvalue weighted by atomic mass is 9.76. The number of para-hydroxylation sites is 4. The third-order valence-corrected chi connectivity index (χ3v) is 8.68.